The highest BCUT2D eigenvalue weighted by Crippen LogP contribution is 2.19. The van der Waals surface area contributed by atoms with Crippen molar-refractivity contribution in [2.24, 2.45) is 5.73 Å². The molecule has 0 radical (unpaired) electrons. The van der Waals surface area contributed by atoms with E-state index in [4.69, 9.17) is 10.5 Å². The fraction of sp³-hybridized carbons (Fsp3) is 0.438. The molecule has 1 aromatic rings. The number of carbonyl (C=O) groups is 1. The summed E-state index contributed by atoms with van der Waals surface area (Å²) >= 11 is 0. The van der Waals surface area contributed by atoms with E-state index in [0.717, 1.165) is 12.8 Å². The first-order valence-corrected chi connectivity index (χ1v) is 7.27. The summed E-state index contributed by atoms with van der Waals surface area (Å²) in [6, 6.07) is 7.00. The largest absolute Gasteiger partial charge is 0.487 e. The van der Waals surface area contributed by atoms with Gasteiger partial charge in [-0.05, 0) is 43.2 Å². The van der Waals surface area contributed by atoms with Crippen molar-refractivity contribution >= 4 is 18.3 Å². The van der Waals surface area contributed by atoms with E-state index in [9.17, 15) is 9.18 Å². The number of nitrogens with one attached hydrogen (secondary N) is 1. The van der Waals surface area contributed by atoms with Crippen LogP contribution in [0, 0.1) is 0 Å². The van der Waals surface area contributed by atoms with E-state index in [1.54, 1.807) is 24.3 Å². The molecule has 0 heterocycles. The van der Waals surface area contributed by atoms with Crippen molar-refractivity contribution in [3.8, 4) is 5.75 Å². The standard InChI is InChI=1S/C16H21FN2O2.ClH/c17-13(9-10-18)11-21-15-7-5-12(6-8-15)16(20)19-14-3-1-2-4-14;/h5-9,14H,1-4,10-11,18H2,(H,19,20);1H/b13-9-;. The van der Waals surface area contributed by atoms with Crippen LogP contribution in [0.15, 0.2) is 36.2 Å². The van der Waals surface area contributed by atoms with Crippen LogP contribution in [-0.4, -0.2) is 25.1 Å². The van der Waals surface area contributed by atoms with Crippen LogP contribution < -0.4 is 15.8 Å². The fourth-order valence-electron chi connectivity index (χ4n) is 2.38. The quantitative estimate of drug-likeness (QED) is 0.843. The molecule has 0 unspecified atom stereocenters. The Kier molecular flexibility index (Phi) is 7.91. The van der Waals surface area contributed by atoms with Gasteiger partial charge in [0.1, 0.15) is 18.2 Å². The Hall–Kier alpha value is -1.59. The van der Waals surface area contributed by atoms with Gasteiger partial charge in [-0.3, -0.25) is 4.79 Å². The maximum absolute atomic E-state index is 13.1. The lowest BCUT2D eigenvalue weighted by Gasteiger charge is -2.12. The second kappa shape index (κ2) is 9.43. The predicted octanol–water partition coefficient (Wildman–Crippen LogP) is 2.97. The molecule has 0 aliphatic heterocycles. The molecule has 1 fully saturated rings. The third-order valence-electron chi connectivity index (χ3n) is 3.52. The third-order valence-corrected chi connectivity index (χ3v) is 3.52. The summed E-state index contributed by atoms with van der Waals surface area (Å²) in [6.07, 6.45) is 5.74. The molecule has 0 bridgehead atoms. The average molecular weight is 329 g/mol. The molecule has 122 valence electrons. The van der Waals surface area contributed by atoms with E-state index in [2.05, 4.69) is 5.32 Å². The number of benzene rings is 1. The molecular weight excluding hydrogens is 307 g/mol. The lowest BCUT2D eigenvalue weighted by Crippen LogP contribution is -2.32. The van der Waals surface area contributed by atoms with Gasteiger partial charge in [0.15, 0.2) is 0 Å². The zero-order chi connectivity index (χ0) is 15.1. The van der Waals surface area contributed by atoms with Crippen LogP contribution in [0.2, 0.25) is 0 Å². The average Bonchev–Trinajstić information content (AvgIpc) is 2.99. The van der Waals surface area contributed by atoms with Crippen LogP contribution in [0.4, 0.5) is 4.39 Å². The molecule has 0 atom stereocenters. The second-order valence-electron chi connectivity index (χ2n) is 5.15. The number of nitrogens with two attached hydrogens (primary N) is 1. The maximum Gasteiger partial charge on any atom is 0.251 e. The Labute approximate surface area is 136 Å². The molecule has 0 spiro atoms. The summed E-state index contributed by atoms with van der Waals surface area (Å²) in [5.41, 5.74) is 5.79. The summed E-state index contributed by atoms with van der Waals surface area (Å²) < 4.78 is 18.4. The van der Waals surface area contributed by atoms with Crippen molar-refractivity contribution in [1.29, 1.82) is 0 Å². The molecule has 1 aliphatic rings. The number of rotatable bonds is 6. The van der Waals surface area contributed by atoms with Crippen LogP contribution in [-0.2, 0) is 0 Å². The Morgan fingerprint density at radius 2 is 1.95 bits per heavy atom. The molecule has 1 amide bonds. The molecular formula is C16H22ClFN2O2. The molecule has 2 rings (SSSR count). The Bertz CT molecular complexity index is 499. The van der Waals surface area contributed by atoms with E-state index in [1.165, 1.54) is 18.9 Å². The first-order chi connectivity index (χ1) is 10.2. The smallest absolute Gasteiger partial charge is 0.251 e. The second-order valence-corrected chi connectivity index (χ2v) is 5.15. The maximum atomic E-state index is 13.1. The highest BCUT2D eigenvalue weighted by molar-refractivity contribution is 5.94. The predicted molar refractivity (Wildman–Crippen MR) is 87.2 cm³/mol. The Morgan fingerprint density at radius 3 is 2.55 bits per heavy atom. The lowest BCUT2D eigenvalue weighted by atomic mass is 10.1. The zero-order valence-corrected chi connectivity index (χ0v) is 13.2. The summed E-state index contributed by atoms with van der Waals surface area (Å²) in [7, 11) is 0. The molecule has 3 N–H and O–H groups in total. The summed E-state index contributed by atoms with van der Waals surface area (Å²) in [5, 5.41) is 3.02. The highest BCUT2D eigenvalue weighted by atomic mass is 35.5. The van der Waals surface area contributed by atoms with Gasteiger partial charge in [-0.2, -0.15) is 0 Å². The Balaban J connectivity index is 0.00000242. The number of hydrogen-bond donors (Lipinski definition) is 2. The van der Waals surface area contributed by atoms with Crippen molar-refractivity contribution in [2.75, 3.05) is 13.2 Å². The van der Waals surface area contributed by atoms with Crippen LogP contribution in [0.3, 0.4) is 0 Å². The fourth-order valence-corrected chi connectivity index (χ4v) is 2.38. The topological polar surface area (TPSA) is 64.3 Å². The van der Waals surface area contributed by atoms with Gasteiger partial charge >= 0.3 is 0 Å². The summed E-state index contributed by atoms with van der Waals surface area (Å²) in [4.78, 5) is 12.0. The molecule has 1 aliphatic carbocycles. The van der Waals surface area contributed by atoms with Gasteiger partial charge < -0.3 is 15.8 Å². The van der Waals surface area contributed by atoms with Crippen LogP contribution in [0.25, 0.3) is 0 Å². The number of halogens is 2. The normalized spacial score (nSPS) is 15.3. The van der Waals surface area contributed by atoms with Crippen molar-refractivity contribution in [3.05, 3.63) is 41.7 Å². The highest BCUT2D eigenvalue weighted by Gasteiger charge is 2.17. The van der Waals surface area contributed by atoms with E-state index in [-0.39, 0.29) is 31.5 Å². The first-order valence-electron chi connectivity index (χ1n) is 7.27. The number of amides is 1. The van der Waals surface area contributed by atoms with Gasteiger partial charge in [-0.15, -0.1) is 12.4 Å². The van der Waals surface area contributed by atoms with Crippen LogP contribution in [0.5, 0.6) is 5.75 Å². The van der Waals surface area contributed by atoms with E-state index in [1.807, 2.05) is 0 Å². The van der Waals surface area contributed by atoms with Gasteiger partial charge in [0.05, 0.1) is 0 Å². The molecule has 0 saturated heterocycles. The van der Waals surface area contributed by atoms with Gasteiger partial charge in [-0.1, -0.05) is 12.8 Å². The number of hydrogen-bond acceptors (Lipinski definition) is 3. The Morgan fingerprint density at radius 1 is 1.32 bits per heavy atom. The van der Waals surface area contributed by atoms with Crippen LogP contribution in [0.1, 0.15) is 36.0 Å². The minimum atomic E-state index is -0.402. The van der Waals surface area contributed by atoms with Gasteiger partial charge in [0, 0.05) is 18.2 Å². The van der Waals surface area contributed by atoms with Crippen molar-refractivity contribution < 1.29 is 13.9 Å². The van der Waals surface area contributed by atoms with E-state index in [0.29, 0.717) is 17.4 Å². The van der Waals surface area contributed by atoms with Crippen molar-refractivity contribution in [3.63, 3.8) is 0 Å². The molecule has 4 nitrogen and oxygen atoms in total. The molecule has 1 aromatic carbocycles. The molecule has 0 aromatic heterocycles. The van der Waals surface area contributed by atoms with Crippen molar-refractivity contribution in [1.82, 2.24) is 5.32 Å². The molecule has 6 heteroatoms. The number of carbonyl (C=O) groups excluding carboxylic acids is 1. The monoisotopic (exact) mass is 328 g/mol. The summed E-state index contributed by atoms with van der Waals surface area (Å²) in [6.45, 7) is 0.000284. The SMILES string of the molecule is Cl.NC/C=C(\F)COc1ccc(C(=O)NC2CCCC2)cc1. The van der Waals surface area contributed by atoms with Gasteiger partial charge in [-0.25, -0.2) is 4.39 Å². The number of ether oxygens (including phenoxy) is 1. The minimum absolute atomic E-state index is 0. The van der Waals surface area contributed by atoms with Crippen LogP contribution >= 0.6 is 12.4 Å². The van der Waals surface area contributed by atoms with Gasteiger partial charge in [0.25, 0.3) is 5.91 Å². The van der Waals surface area contributed by atoms with E-state index < -0.39 is 5.83 Å². The van der Waals surface area contributed by atoms with E-state index >= 15 is 0 Å². The van der Waals surface area contributed by atoms with Crippen molar-refractivity contribution in [2.45, 2.75) is 31.7 Å². The third kappa shape index (κ3) is 5.66. The minimum Gasteiger partial charge on any atom is -0.487 e. The summed E-state index contributed by atoms with van der Waals surface area (Å²) in [5.74, 6) is 0.0520. The zero-order valence-electron chi connectivity index (χ0n) is 12.4. The first kappa shape index (κ1) is 18.5. The van der Waals surface area contributed by atoms with Gasteiger partial charge in [0.2, 0.25) is 0 Å². The molecule has 22 heavy (non-hydrogen) atoms. The lowest BCUT2D eigenvalue weighted by molar-refractivity contribution is 0.0938. The molecule has 1 saturated carbocycles.